The lowest BCUT2D eigenvalue weighted by atomic mass is 9.91. The Labute approximate surface area is 203 Å². The van der Waals surface area contributed by atoms with Crippen molar-refractivity contribution in [1.82, 2.24) is 15.2 Å². The van der Waals surface area contributed by atoms with Gasteiger partial charge in [-0.1, -0.05) is 36.0 Å². The highest BCUT2D eigenvalue weighted by Crippen LogP contribution is 2.65. The van der Waals surface area contributed by atoms with Gasteiger partial charge in [0.25, 0.3) is 0 Å². The first kappa shape index (κ1) is 23.4. The monoisotopic (exact) mass is 500 g/mol. The molecule has 3 N–H and O–H groups in total. The smallest absolute Gasteiger partial charge is 0.326 e. The molecule has 2 aromatic carbocycles. The standard InChI is InChI=1S/C24H22F2N4O4S/c25-15-5-1-3-13(7-15)10-33-21(31)19-18-17(35-23-28-12-29-30-23)9-24(27,20(18)19)22(32)34-11-14-4-2-6-16(26)8-14/h1-8,12,17-20H,9-11,27H2,(H,28,29,30). The van der Waals surface area contributed by atoms with E-state index in [9.17, 15) is 18.4 Å². The first-order chi connectivity index (χ1) is 16.8. The summed E-state index contributed by atoms with van der Waals surface area (Å²) in [6.45, 7) is -0.227. The van der Waals surface area contributed by atoms with Gasteiger partial charge in [-0.3, -0.25) is 14.7 Å². The lowest BCUT2D eigenvalue weighted by molar-refractivity contribution is -0.153. The Bertz CT molecular complexity index is 1240. The number of nitrogens with zero attached hydrogens (tertiary/aromatic N) is 2. The molecule has 0 radical (unpaired) electrons. The van der Waals surface area contributed by atoms with Crippen LogP contribution in [0.3, 0.4) is 0 Å². The van der Waals surface area contributed by atoms with Crippen LogP contribution in [0.25, 0.3) is 0 Å². The molecule has 3 aromatic rings. The largest absolute Gasteiger partial charge is 0.461 e. The van der Waals surface area contributed by atoms with Crippen LogP contribution in [0, 0.1) is 29.4 Å². The second-order valence-corrected chi connectivity index (χ2v) is 9.99. The quantitative estimate of drug-likeness (QED) is 0.453. The van der Waals surface area contributed by atoms with E-state index in [1.54, 1.807) is 12.1 Å². The van der Waals surface area contributed by atoms with Gasteiger partial charge in [0, 0.05) is 11.2 Å². The van der Waals surface area contributed by atoms with Gasteiger partial charge in [0.1, 0.15) is 36.7 Å². The second-order valence-electron chi connectivity index (χ2n) is 8.76. The SMILES string of the molecule is NC1(C(=O)OCc2cccc(F)c2)CC(Sc2ncn[nH]2)C2C(C(=O)OCc3cccc(F)c3)C21. The van der Waals surface area contributed by atoms with Crippen LogP contribution in [0.2, 0.25) is 0 Å². The number of esters is 2. The fraction of sp³-hybridized carbons (Fsp3) is 0.333. The van der Waals surface area contributed by atoms with E-state index in [1.165, 1.54) is 54.5 Å². The number of carbonyl (C=O) groups is 2. The zero-order valence-electron chi connectivity index (χ0n) is 18.4. The van der Waals surface area contributed by atoms with Crippen LogP contribution in [-0.2, 0) is 32.3 Å². The number of benzene rings is 2. The lowest BCUT2D eigenvalue weighted by Crippen LogP contribution is -2.51. The van der Waals surface area contributed by atoms with Crippen molar-refractivity contribution >= 4 is 23.7 Å². The molecule has 0 amide bonds. The number of nitrogens with two attached hydrogens (primary N) is 1. The van der Waals surface area contributed by atoms with Crippen LogP contribution < -0.4 is 5.73 Å². The molecular formula is C24H22F2N4O4S. The maximum Gasteiger partial charge on any atom is 0.326 e. The van der Waals surface area contributed by atoms with E-state index in [-0.39, 0.29) is 30.8 Å². The van der Waals surface area contributed by atoms with Crippen LogP contribution in [-0.4, -0.2) is 37.9 Å². The Balaban J connectivity index is 1.30. The van der Waals surface area contributed by atoms with Gasteiger partial charge >= 0.3 is 11.9 Å². The lowest BCUT2D eigenvalue weighted by Gasteiger charge is -2.27. The molecule has 2 aliphatic rings. The van der Waals surface area contributed by atoms with Crippen molar-refractivity contribution < 1.29 is 27.8 Å². The maximum absolute atomic E-state index is 13.5. The number of aromatic amines is 1. The summed E-state index contributed by atoms with van der Waals surface area (Å²) in [5.74, 6) is -3.33. The summed E-state index contributed by atoms with van der Waals surface area (Å²) in [7, 11) is 0. The predicted molar refractivity (Wildman–Crippen MR) is 120 cm³/mol. The highest BCUT2D eigenvalue weighted by Gasteiger charge is 2.74. The number of ether oxygens (including phenoxy) is 2. The minimum absolute atomic E-state index is 0.0893. The van der Waals surface area contributed by atoms with Crippen molar-refractivity contribution in [3.8, 4) is 0 Å². The topological polar surface area (TPSA) is 120 Å². The number of H-pyrrole nitrogens is 1. The third kappa shape index (κ3) is 4.78. The van der Waals surface area contributed by atoms with Gasteiger partial charge in [0.2, 0.25) is 0 Å². The van der Waals surface area contributed by atoms with E-state index in [4.69, 9.17) is 15.2 Å². The summed E-state index contributed by atoms with van der Waals surface area (Å²) in [5, 5.41) is 6.95. The zero-order valence-corrected chi connectivity index (χ0v) is 19.2. The normalized spacial score (nSPS) is 26.7. The molecule has 1 aromatic heterocycles. The minimum atomic E-state index is -1.42. The third-order valence-corrected chi connectivity index (χ3v) is 7.68. The number of fused-ring (bicyclic) bond motifs is 1. The molecule has 2 aliphatic carbocycles. The van der Waals surface area contributed by atoms with Crippen LogP contribution in [0.15, 0.2) is 60.0 Å². The molecule has 2 saturated carbocycles. The molecule has 2 fully saturated rings. The minimum Gasteiger partial charge on any atom is -0.461 e. The Morgan fingerprint density at radius 2 is 1.74 bits per heavy atom. The molecule has 0 spiro atoms. The van der Waals surface area contributed by atoms with E-state index < -0.39 is 40.9 Å². The van der Waals surface area contributed by atoms with Gasteiger partial charge in [-0.05, 0) is 47.7 Å². The number of carbonyl (C=O) groups excluding carboxylic acids is 2. The summed E-state index contributed by atoms with van der Waals surface area (Å²) in [4.78, 5) is 30.2. The highest BCUT2D eigenvalue weighted by atomic mass is 32.2. The number of halogens is 2. The van der Waals surface area contributed by atoms with Crippen LogP contribution in [0.5, 0.6) is 0 Å². The molecule has 0 aliphatic heterocycles. The first-order valence-corrected chi connectivity index (χ1v) is 11.9. The van der Waals surface area contributed by atoms with Crippen LogP contribution in [0.4, 0.5) is 8.78 Å². The average Bonchev–Trinajstić information content (AvgIpc) is 3.26. The molecule has 182 valence electrons. The molecule has 5 rings (SSSR count). The molecule has 5 unspecified atom stereocenters. The highest BCUT2D eigenvalue weighted by molar-refractivity contribution is 7.99. The molecule has 0 saturated heterocycles. The molecule has 8 nitrogen and oxygen atoms in total. The van der Waals surface area contributed by atoms with E-state index in [2.05, 4.69) is 15.2 Å². The van der Waals surface area contributed by atoms with Gasteiger partial charge in [-0.15, -0.1) is 0 Å². The number of hydrogen-bond donors (Lipinski definition) is 2. The Morgan fingerprint density at radius 3 is 2.34 bits per heavy atom. The van der Waals surface area contributed by atoms with E-state index in [1.807, 2.05) is 0 Å². The number of hydrogen-bond acceptors (Lipinski definition) is 8. The van der Waals surface area contributed by atoms with Gasteiger partial charge in [-0.2, -0.15) is 5.10 Å². The van der Waals surface area contributed by atoms with Crippen molar-refractivity contribution in [2.75, 3.05) is 0 Å². The van der Waals surface area contributed by atoms with Crippen molar-refractivity contribution in [2.45, 2.75) is 35.6 Å². The summed E-state index contributed by atoms with van der Waals surface area (Å²) in [6.07, 6.45) is 1.64. The van der Waals surface area contributed by atoms with Crippen molar-refractivity contribution in [3.63, 3.8) is 0 Å². The van der Waals surface area contributed by atoms with Crippen LogP contribution >= 0.6 is 11.8 Å². The Morgan fingerprint density at radius 1 is 1.09 bits per heavy atom. The van der Waals surface area contributed by atoms with E-state index in [0.29, 0.717) is 16.3 Å². The van der Waals surface area contributed by atoms with Crippen molar-refractivity contribution in [1.29, 1.82) is 0 Å². The van der Waals surface area contributed by atoms with Crippen molar-refractivity contribution in [2.24, 2.45) is 23.5 Å². The molecule has 11 heteroatoms. The molecule has 5 atom stereocenters. The zero-order chi connectivity index (χ0) is 24.6. The summed E-state index contributed by atoms with van der Waals surface area (Å²) >= 11 is 1.36. The van der Waals surface area contributed by atoms with Crippen molar-refractivity contribution in [3.05, 3.63) is 77.6 Å². The number of nitrogens with one attached hydrogen (secondary N) is 1. The average molecular weight is 501 g/mol. The fourth-order valence-corrected chi connectivity index (χ4v) is 6.25. The summed E-state index contributed by atoms with van der Waals surface area (Å²) in [5.41, 5.74) is 6.18. The number of rotatable bonds is 8. The fourth-order valence-electron chi connectivity index (χ4n) is 4.89. The Hall–Kier alpha value is -3.31. The molecule has 1 heterocycles. The second kappa shape index (κ2) is 9.38. The predicted octanol–water partition coefficient (Wildman–Crippen LogP) is 2.99. The first-order valence-electron chi connectivity index (χ1n) is 11.0. The van der Waals surface area contributed by atoms with Crippen LogP contribution in [0.1, 0.15) is 17.5 Å². The number of thioether (sulfide) groups is 1. The van der Waals surface area contributed by atoms with Gasteiger partial charge in [0.05, 0.1) is 5.92 Å². The number of aromatic nitrogens is 3. The van der Waals surface area contributed by atoms with Gasteiger partial charge in [-0.25, -0.2) is 13.8 Å². The molecule has 0 bridgehead atoms. The third-order valence-electron chi connectivity index (χ3n) is 6.48. The maximum atomic E-state index is 13.5. The van der Waals surface area contributed by atoms with Gasteiger partial charge < -0.3 is 15.2 Å². The summed E-state index contributed by atoms with van der Waals surface area (Å²) in [6, 6.07) is 11.5. The summed E-state index contributed by atoms with van der Waals surface area (Å²) < 4.78 is 37.8. The molecule has 35 heavy (non-hydrogen) atoms. The Kier molecular flexibility index (Phi) is 6.28. The van der Waals surface area contributed by atoms with E-state index in [0.717, 1.165) is 0 Å². The molecular weight excluding hydrogens is 478 g/mol. The van der Waals surface area contributed by atoms with E-state index >= 15 is 0 Å². The van der Waals surface area contributed by atoms with Gasteiger partial charge in [0.15, 0.2) is 5.16 Å².